The summed E-state index contributed by atoms with van der Waals surface area (Å²) in [5.74, 6) is 2.38. The molecule has 2 fully saturated rings. The predicted molar refractivity (Wildman–Crippen MR) is 136 cm³/mol. The molecule has 34 heavy (non-hydrogen) atoms. The van der Waals surface area contributed by atoms with Crippen LogP contribution in [0.3, 0.4) is 0 Å². The van der Waals surface area contributed by atoms with E-state index in [0.717, 1.165) is 67.6 Å². The summed E-state index contributed by atoms with van der Waals surface area (Å²) in [6.07, 6.45) is 3.81. The SMILES string of the molecule is Cc1ccc(CNc2ncnc3c(N4CCOCC4)nc(N4CCC(N(C)C)CC4)nc23)cc1. The largest absolute Gasteiger partial charge is 0.378 e. The molecule has 0 aliphatic carbocycles. The number of nitrogens with one attached hydrogen (secondary N) is 1. The van der Waals surface area contributed by atoms with Crippen molar-refractivity contribution in [1.82, 2.24) is 24.8 Å². The summed E-state index contributed by atoms with van der Waals surface area (Å²) in [6.45, 7) is 7.63. The third-order valence-corrected chi connectivity index (χ3v) is 6.82. The van der Waals surface area contributed by atoms with Crippen LogP contribution in [0.15, 0.2) is 30.6 Å². The first-order valence-electron chi connectivity index (χ1n) is 12.1. The van der Waals surface area contributed by atoms with E-state index < -0.39 is 0 Å². The third-order valence-electron chi connectivity index (χ3n) is 6.82. The Hall–Kier alpha value is -3.04. The van der Waals surface area contributed by atoms with E-state index in [0.29, 0.717) is 25.8 Å². The molecule has 0 saturated carbocycles. The molecule has 9 heteroatoms. The van der Waals surface area contributed by atoms with Gasteiger partial charge >= 0.3 is 0 Å². The van der Waals surface area contributed by atoms with E-state index in [1.807, 2.05) is 0 Å². The molecule has 2 aliphatic heterocycles. The number of piperidine rings is 1. The van der Waals surface area contributed by atoms with Crippen LogP contribution < -0.4 is 15.1 Å². The molecule has 0 spiro atoms. The van der Waals surface area contributed by atoms with Crippen LogP contribution in [0, 0.1) is 6.92 Å². The lowest BCUT2D eigenvalue weighted by Crippen LogP contribution is -2.43. The molecule has 9 nitrogen and oxygen atoms in total. The maximum Gasteiger partial charge on any atom is 0.228 e. The Morgan fingerprint density at radius 3 is 2.38 bits per heavy atom. The lowest BCUT2D eigenvalue weighted by Gasteiger charge is -2.36. The van der Waals surface area contributed by atoms with E-state index in [4.69, 9.17) is 14.7 Å². The van der Waals surface area contributed by atoms with Gasteiger partial charge in [-0.25, -0.2) is 15.0 Å². The lowest BCUT2D eigenvalue weighted by molar-refractivity contribution is 0.122. The summed E-state index contributed by atoms with van der Waals surface area (Å²) < 4.78 is 5.59. The molecule has 2 aliphatic rings. The first-order chi connectivity index (χ1) is 16.6. The van der Waals surface area contributed by atoms with E-state index >= 15 is 0 Å². The van der Waals surface area contributed by atoms with Crippen molar-refractivity contribution in [1.29, 1.82) is 0 Å². The normalized spacial score (nSPS) is 17.5. The number of anilines is 3. The van der Waals surface area contributed by atoms with Gasteiger partial charge in [-0.3, -0.25) is 0 Å². The molecule has 0 bridgehead atoms. The van der Waals surface area contributed by atoms with E-state index in [1.165, 1.54) is 11.1 Å². The van der Waals surface area contributed by atoms with Crippen LogP contribution in [0.2, 0.25) is 0 Å². The van der Waals surface area contributed by atoms with Gasteiger partial charge in [0.25, 0.3) is 0 Å². The predicted octanol–water partition coefficient (Wildman–Crippen LogP) is 2.71. The Morgan fingerprint density at radius 1 is 0.941 bits per heavy atom. The fourth-order valence-corrected chi connectivity index (χ4v) is 4.66. The van der Waals surface area contributed by atoms with Crippen molar-refractivity contribution in [3.8, 4) is 0 Å². The Bertz CT molecular complexity index is 1110. The topological polar surface area (TPSA) is 82.5 Å². The summed E-state index contributed by atoms with van der Waals surface area (Å²) >= 11 is 0. The number of fused-ring (bicyclic) bond motifs is 1. The minimum atomic E-state index is 0.602. The smallest absolute Gasteiger partial charge is 0.228 e. The molecule has 2 saturated heterocycles. The van der Waals surface area contributed by atoms with E-state index in [1.54, 1.807) is 6.33 Å². The maximum absolute atomic E-state index is 5.59. The minimum Gasteiger partial charge on any atom is -0.378 e. The first kappa shape index (κ1) is 22.7. The molecule has 0 atom stereocenters. The quantitative estimate of drug-likeness (QED) is 0.594. The van der Waals surface area contributed by atoms with Crippen LogP contribution in [0.4, 0.5) is 17.6 Å². The van der Waals surface area contributed by atoms with Crippen molar-refractivity contribution in [2.24, 2.45) is 0 Å². The van der Waals surface area contributed by atoms with Gasteiger partial charge in [0.2, 0.25) is 5.95 Å². The summed E-state index contributed by atoms with van der Waals surface area (Å²) in [7, 11) is 4.32. The summed E-state index contributed by atoms with van der Waals surface area (Å²) in [4.78, 5) is 26.1. The summed E-state index contributed by atoms with van der Waals surface area (Å²) in [5.41, 5.74) is 4.01. The fraction of sp³-hybridized carbons (Fsp3) is 0.520. The Labute approximate surface area is 201 Å². The van der Waals surface area contributed by atoms with E-state index in [9.17, 15) is 0 Å². The highest BCUT2D eigenvalue weighted by molar-refractivity contribution is 5.93. The average molecular weight is 463 g/mol. The Morgan fingerprint density at radius 2 is 1.68 bits per heavy atom. The number of ether oxygens (including phenoxy) is 1. The molecule has 0 radical (unpaired) electrons. The van der Waals surface area contributed by atoms with Gasteiger partial charge in [0.15, 0.2) is 11.6 Å². The molecular formula is C25H34N8O. The lowest BCUT2D eigenvalue weighted by atomic mass is 10.0. The third kappa shape index (κ3) is 4.90. The van der Waals surface area contributed by atoms with Gasteiger partial charge in [-0.2, -0.15) is 4.98 Å². The second-order valence-electron chi connectivity index (χ2n) is 9.39. The highest BCUT2D eigenvalue weighted by Crippen LogP contribution is 2.30. The van der Waals surface area contributed by atoms with E-state index in [-0.39, 0.29) is 0 Å². The van der Waals surface area contributed by atoms with Crippen LogP contribution in [-0.2, 0) is 11.3 Å². The zero-order valence-electron chi connectivity index (χ0n) is 20.4. The number of benzene rings is 1. The first-order valence-corrected chi connectivity index (χ1v) is 12.1. The number of nitrogens with zero attached hydrogens (tertiary/aromatic N) is 7. The van der Waals surface area contributed by atoms with Crippen LogP contribution in [0.5, 0.6) is 0 Å². The van der Waals surface area contributed by atoms with Crippen molar-refractivity contribution >= 4 is 28.6 Å². The second-order valence-corrected chi connectivity index (χ2v) is 9.39. The number of aryl methyl sites for hydroxylation is 1. The zero-order chi connectivity index (χ0) is 23.5. The van der Waals surface area contributed by atoms with Crippen LogP contribution >= 0.6 is 0 Å². The number of aromatic nitrogens is 4. The summed E-state index contributed by atoms with van der Waals surface area (Å²) in [5, 5.41) is 3.50. The molecule has 3 aromatic rings. The molecule has 1 N–H and O–H groups in total. The number of morpholine rings is 1. The van der Waals surface area contributed by atoms with Gasteiger partial charge < -0.3 is 24.8 Å². The monoisotopic (exact) mass is 462 g/mol. The van der Waals surface area contributed by atoms with Crippen molar-refractivity contribution in [3.63, 3.8) is 0 Å². The van der Waals surface area contributed by atoms with Crippen molar-refractivity contribution in [2.45, 2.75) is 32.4 Å². The molecule has 0 unspecified atom stereocenters. The van der Waals surface area contributed by atoms with Crippen LogP contribution in [-0.4, -0.2) is 84.4 Å². The van der Waals surface area contributed by atoms with Gasteiger partial charge in [0.1, 0.15) is 17.4 Å². The molecule has 4 heterocycles. The molecule has 0 amide bonds. The number of hydrogen-bond donors (Lipinski definition) is 1. The van der Waals surface area contributed by atoms with Crippen molar-refractivity contribution in [2.75, 3.05) is 68.6 Å². The highest BCUT2D eigenvalue weighted by atomic mass is 16.5. The maximum atomic E-state index is 5.59. The minimum absolute atomic E-state index is 0.602. The fourth-order valence-electron chi connectivity index (χ4n) is 4.66. The molecule has 5 rings (SSSR count). The standard InChI is InChI=1S/C25H34N8O/c1-18-4-6-19(7-5-18)16-26-23-21-22(27-17-28-23)24(32-12-14-34-15-13-32)30-25(29-21)33-10-8-20(9-11-33)31(2)3/h4-7,17,20H,8-16H2,1-3H3,(H,26,27,28). The molecule has 1 aromatic carbocycles. The van der Waals surface area contributed by atoms with Gasteiger partial charge in [-0.05, 0) is 39.4 Å². The van der Waals surface area contributed by atoms with Gasteiger partial charge in [-0.1, -0.05) is 29.8 Å². The Balaban J connectivity index is 1.49. The summed E-state index contributed by atoms with van der Waals surface area (Å²) in [6, 6.07) is 9.14. The van der Waals surface area contributed by atoms with Gasteiger partial charge in [-0.15, -0.1) is 0 Å². The van der Waals surface area contributed by atoms with Crippen molar-refractivity contribution < 1.29 is 4.74 Å². The second kappa shape index (κ2) is 10.1. The molecular weight excluding hydrogens is 428 g/mol. The number of hydrogen-bond acceptors (Lipinski definition) is 9. The molecule has 180 valence electrons. The van der Waals surface area contributed by atoms with Crippen molar-refractivity contribution in [3.05, 3.63) is 41.7 Å². The Kier molecular flexibility index (Phi) is 6.73. The highest BCUT2D eigenvalue weighted by Gasteiger charge is 2.26. The average Bonchev–Trinajstić information content (AvgIpc) is 2.88. The number of rotatable bonds is 6. The zero-order valence-corrected chi connectivity index (χ0v) is 20.4. The van der Waals surface area contributed by atoms with Gasteiger partial charge in [0, 0.05) is 38.8 Å². The van der Waals surface area contributed by atoms with Crippen LogP contribution in [0.25, 0.3) is 11.0 Å². The van der Waals surface area contributed by atoms with Crippen LogP contribution in [0.1, 0.15) is 24.0 Å². The molecule has 2 aromatic heterocycles. The van der Waals surface area contributed by atoms with E-state index in [2.05, 4.69) is 75.3 Å². The van der Waals surface area contributed by atoms with Gasteiger partial charge in [0.05, 0.1) is 13.2 Å².